The molecule has 6 rings (SSSR count). The highest BCUT2D eigenvalue weighted by Gasteiger charge is 2.42. The first kappa shape index (κ1) is 27.6. The standard InChI is InChI=1S/C32H37N3O5S/c1-23-28-14-15-34(32(36)40-22-24-6-4-3-5-7-24)21-31(23)30-20-25(8-13-29(28)30)33-16-18-35(19-17-33)41(37,38)27-11-9-26(39-2)10-12-27/h3-13,20,23,28,31H,14-19,21-22H2,1-2H3/t23-,28?,31?/m0/s1. The van der Waals surface area contributed by atoms with Gasteiger partial charge in [-0.3, -0.25) is 0 Å². The minimum atomic E-state index is -3.56. The SMILES string of the molecule is COc1ccc(S(=O)(=O)N2CCN(c3ccc4c(c3)C3CN(C(=O)OCc5ccccc5)CCC4[C@@H]3C)CC2)cc1. The second-order valence-electron chi connectivity index (χ2n) is 11.2. The van der Waals surface area contributed by atoms with Crippen LogP contribution in [-0.2, 0) is 21.4 Å². The van der Waals surface area contributed by atoms with E-state index in [0.29, 0.717) is 56.9 Å². The average molecular weight is 576 g/mol. The van der Waals surface area contributed by atoms with E-state index in [2.05, 4.69) is 30.0 Å². The van der Waals surface area contributed by atoms with Crippen molar-refractivity contribution in [1.29, 1.82) is 0 Å². The van der Waals surface area contributed by atoms with Crippen molar-refractivity contribution in [2.75, 3.05) is 51.3 Å². The minimum absolute atomic E-state index is 0.249. The number of hydrogen-bond donors (Lipinski definition) is 0. The smallest absolute Gasteiger partial charge is 0.410 e. The number of carbonyl (C=O) groups is 1. The van der Waals surface area contributed by atoms with Crippen LogP contribution in [0.1, 0.15) is 41.9 Å². The fourth-order valence-electron chi connectivity index (χ4n) is 6.63. The van der Waals surface area contributed by atoms with Crippen LogP contribution in [0.4, 0.5) is 10.5 Å². The third-order valence-electron chi connectivity index (χ3n) is 9.03. The lowest BCUT2D eigenvalue weighted by Crippen LogP contribution is -2.48. The second kappa shape index (κ2) is 11.4. The summed E-state index contributed by atoms with van der Waals surface area (Å²) in [6, 6.07) is 23.1. The number of methoxy groups -OCH3 is 1. The molecule has 8 nitrogen and oxygen atoms in total. The van der Waals surface area contributed by atoms with Gasteiger partial charge in [-0.15, -0.1) is 0 Å². The summed E-state index contributed by atoms with van der Waals surface area (Å²) in [7, 11) is -2.00. The number of amides is 1. The third kappa shape index (κ3) is 5.40. The predicted molar refractivity (Wildman–Crippen MR) is 158 cm³/mol. The average Bonchev–Trinajstić information content (AvgIpc) is 3.14. The summed E-state index contributed by atoms with van der Waals surface area (Å²) in [5.41, 5.74) is 4.80. The molecule has 0 spiro atoms. The number of rotatable bonds is 6. The molecule has 2 unspecified atom stereocenters. The molecule has 1 amide bonds. The summed E-state index contributed by atoms with van der Waals surface area (Å²) in [5.74, 6) is 1.74. The maximum atomic E-state index is 13.2. The molecular formula is C32H37N3O5S. The molecule has 2 fully saturated rings. The van der Waals surface area contributed by atoms with E-state index in [9.17, 15) is 13.2 Å². The van der Waals surface area contributed by atoms with Gasteiger partial charge in [-0.2, -0.15) is 4.31 Å². The summed E-state index contributed by atoms with van der Waals surface area (Å²) in [4.78, 5) is 17.4. The van der Waals surface area contributed by atoms with Gasteiger partial charge in [-0.1, -0.05) is 43.3 Å². The summed E-state index contributed by atoms with van der Waals surface area (Å²) in [6.07, 6.45) is 0.673. The van der Waals surface area contributed by atoms with Gasteiger partial charge >= 0.3 is 6.09 Å². The molecule has 3 aliphatic rings. The number of fused-ring (bicyclic) bond motifs is 5. The third-order valence-corrected chi connectivity index (χ3v) is 10.9. The van der Waals surface area contributed by atoms with Crippen LogP contribution in [0.5, 0.6) is 5.75 Å². The molecule has 41 heavy (non-hydrogen) atoms. The largest absolute Gasteiger partial charge is 0.497 e. The normalized spacial score (nSPS) is 22.6. The fraction of sp³-hybridized carbons (Fsp3) is 0.406. The van der Waals surface area contributed by atoms with Gasteiger partial charge in [0.2, 0.25) is 10.0 Å². The minimum Gasteiger partial charge on any atom is -0.497 e. The molecule has 2 bridgehead atoms. The van der Waals surface area contributed by atoms with Gasteiger partial charge < -0.3 is 19.3 Å². The summed E-state index contributed by atoms with van der Waals surface area (Å²) < 4.78 is 38.8. The van der Waals surface area contributed by atoms with Crippen LogP contribution < -0.4 is 9.64 Å². The number of piperazine rings is 1. The maximum absolute atomic E-state index is 13.2. The summed E-state index contributed by atoms with van der Waals surface area (Å²) in [5, 5.41) is 0. The van der Waals surface area contributed by atoms with Crippen LogP contribution in [0.2, 0.25) is 0 Å². The zero-order valence-corrected chi connectivity index (χ0v) is 24.4. The quantitative estimate of drug-likeness (QED) is 0.409. The van der Waals surface area contributed by atoms with Crippen LogP contribution >= 0.6 is 0 Å². The first-order valence-corrected chi connectivity index (χ1v) is 15.8. The number of sulfonamides is 1. The Hall–Kier alpha value is -3.56. The molecule has 3 atom stereocenters. The zero-order chi connectivity index (χ0) is 28.6. The molecule has 2 aliphatic heterocycles. The molecule has 0 saturated carbocycles. The molecule has 3 aromatic carbocycles. The van der Waals surface area contributed by atoms with Crippen LogP contribution in [0, 0.1) is 5.92 Å². The Morgan fingerprint density at radius 2 is 1.61 bits per heavy atom. The van der Waals surface area contributed by atoms with E-state index in [1.54, 1.807) is 35.7 Å². The predicted octanol–water partition coefficient (Wildman–Crippen LogP) is 5.07. The van der Waals surface area contributed by atoms with E-state index < -0.39 is 10.0 Å². The van der Waals surface area contributed by atoms with Crippen LogP contribution in [-0.4, -0.2) is 70.1 Å². The molecule has 216 valence electrons. The Kier molecular flexibility index (Phi) is 7.66. The highest BCUT2D eigenvalue weighted by Crippen LogP contribution is 2.51. The van der Waals surface area contributed by atoms with Crippen LogP contribution in [0.25, 0.3) is 0 Å². The van der Waals surface area contributed by atoms with Gasteiger partial charge in [0, 0.05) is 50.9 Å². The molecule has 2 heterocycles. The molecule has 3 aromatic rings. The maximum Gasteiger partial charge on any atom is 0.410 e. The lowest BCUT2D eigenvalue weighted by molar-refractivity contribution is 0.0950. The van der Waals surface area contributed by atoms with Crippen molar-refractivity contribution < 1.29 is 22.7 Å². The second-order valence-corrected chi connectivity index (χ2v) is 13.2. The zero-order valence-electron chi connectivity index (χ0n) is 23.6. The van der Waals surface area contributed by atoms with Gasteiger partial charge in [0.05, 0.1) is 12.0 Å². The number of carbonyl (C=O) groups excluding carboxylic acids is 1. The van der Waals surface area contributed by atoms with Crippen molar-refractivity contribution in [3.05, 3.63) is 89.5 Å². The van der Waals surface area contributed by atoms with E-state index in [4.69, 9.17) is 9.47 Å². The molecule has 9 heteroatoms. The van der Waals surface area contributed by atoms with Crippen molar-refractivity contribution in [1.82, 2.24) is 9.21 Å². The van der Waals surface area contributed by atoms with E-state index >= 15 is 0 Å². The summed E-state index contributed by atoms with van der Waals surface area (Å²) in [6.45, 7) is 6.02. The van der Waals surface area contributed by atoms with Gasteiger partial charge in [0.15, 0.2) is 0 Å². The molecule has 1 aliphatic carbocycles. The summed E-state index contributed by atoms with van der Waals surface area (Å²) >= 11 is 0. The Bertz CT molecular complexity index is 1490. The lowest BCUT2D eigenvalue weighted by Gasteiger charge is -2.36. The molecule has 0 aromatic heterocycles. The number of anilines is 1. The van der Waals surface area contributed by atoms with Gasteiger partial charge in [-0.05, 0) is 71.3 Å². The van der Waals surface area contributed by atoms with E-state index in [0.717, 1.165) is 17.7 Å². The van der Waals surface area contributed by atoms with E-state index in [1.165, 1.54) is 11.1 Å². The van der Waals surface area contributed by atoms with Crippen molar-refractivity contribution in [2.24, 2.45) is 5.92 Å². The number of ether oxygens (including phenoxy) is 2. The Morgan fingerprint density at radius 1 is 0.878 bits per heavy atom. The first-order chi connectivity index (χ1) is 19.8. The monoisotopic (exact) mass is 575 g/mol. The van der Waals surface area contributed by atoms with Crippen molar-refractivity contribution in [2.45, 2.75) is 36.7 Å². The van der Waals surface area contributed by atoms with Crippen LogP contribution in [0.15, 0.2) is 77.7 Å². The van der Waals surface area contributed by atoms with Crippen molar-refractivity contribution in [3.63, 3.8) is 0 Å². The molecule has 2 saturated heterocycles. The van der Waals surface area contributed by atoms with E-state index in [1.807, 2.05) is 35.2 Å². The first-order valence-electron chi connectivity index (χ1n) is 14.3. The van der Waals surface area contributed by atoms with E-state index in [-0.39, 0.29) is 23.5 Å². The van der Waals surface area contributed by atoms with Crippen molar-refractivity contribution in [3.8, 4) is 5.75 Å². The number of likely N-dealkylation sites (tertiary alicyclic amines) is 1. The Balaban J connectivity index is 1.12. The lowest BCUT2D eigenvalue weighted by atomic mass is 9.88. The number of nitrogens with zero attached hydrogens (tertiary/aromatic N) is 3. The topological polar surface area (TPSA) is 79.4 Å². The van der Waals surface area contributed by atoms with Gasteiger partial charge in [0.1, 0.15) is 12.4 Å². The Labute approximate surface area is 242 Å². The van der Waals surface area contributed by atoms with Crippen LogP contribution in [0.3, 0.4) is 0 Å². The Morgan fingerprint density at radius 3 is 2.32 bits per heavy atom. The number of hydrogen-bond acceptors (Lipinski definition) is 6. The molecular weight excluding hydrogens is 538 g/mol. The fourth-order valence-corrected chi connectivity index (χ4v) is 8.05. The van der Waals surface area contributed by atoms with Gasteiger partial charge in [-0.25, -0.2) is 13.2 Å². The number of benzene rings is 3. The molecule has 0 N–H and O–H groups in total. The highest BCUT2D eigenvalue weighted by atomic mass is 32.2. The molecule has 0 radical (unpaired) electrons. The van der Waals surface area contributed by atoms with Gasteiger partial charge in [0.25, 0.3) is 0 Å². The van der Waals surface area contributed by atoms with Crippen molar-refractivity contribution >= 4 is 21.8 Å². The highest BCUT2D eigenvalue weighted by molar-refractivity contribution is 7.89.